The van der Waals surface area contributed by atoms with Crippen LogP contribution in [0, 0.1) is 11.2 Å². The van der Waals surface area contributed by atoms with E-state index < -0.39 is 0 Å². The van der Waals surface area contributed by atoms with Gasteiger partial charge in [0.2, 0.25) is 5.91 Å². The zero-order valence-corrected chi connectivity index (χ0v) is 15.2. The molecule has 0 unspecified atom stereocenters. The van der Waals surface area contributed by atoms with Crippen LogP contribution in [0.4, 0.5) is 4.39 Å². The van der Waals surface area contributed by atoms with Gasteiger partial charge in [0.25, 0.3) is 0 Å². The summed E-state index contributed by atoms with van der Waals surface area (Å²) in [7, 11) is 1.93. The minimum atomic E-state index is -0.268. The van der Waals surface area contributed by atoms with Crippen molar-refractivity contribution in [1.82, 2.24) is 9.80 Å². The van der Waals surface area contributed by atoms with Crippen LogP contribution in [0.2, 0.25) is 0 Å². The number of carbonyl (C=O) groups is 1. The van der Waals surface area contributed by atoms with Gasteiger partial charge in [-0.05, 0) is 49.2 Å². The molecule has 0 aliphatic carbocycles. The van der Waals surface area contributed by atoms with Gasteiger partial charge >= 0.3 is 0 Å². The molecule has 0 saturated carbocycles. The topological polar surface area (TPSA) is 23.6 Å². The number of halogens is 1. The summed E-state index contributed by atoms with van der Waals surface area (Å²) in [5.74, 6) is 0.374. The van der Waals surface area contributed by atoms with Gasteiger partial charge in [0, 0.05) is 26.1 Å². The van der Waals surface area contributed by atoms with Gasteiger partial charge in [-0.2, -0.15) is 0 Å². The number of nitrogens with zero attached hydrogens (tertiary/aromatic N) is 2. The first-order valence-corrected chi connectivity index (χ1v) is 9.36. The molecule has 2 fully saturated rings. The lowest BCUT2D eigenvalue weighted by molar-refractivity contribution is -0.137. The van der Waals surface area contributed by atoms with Crippen molar-refractivity contribution in [3.8, 4) is 0 Å². The molecule has 1 spiro atoms. The molecule has 0 aromatic heterocycles. The molecule has 4 rings (SSSR count). The monoisotopic (exact) mass is 352 g/mol. The molecule has 3 nitrogen and oxygen atoms in total. The normalized spacial score (nSPS) is 22.9. The summed E-state index contributed by atoms with van der Waals surface area (Å²) in [6.07, 6.45) is 1.77. The Labute approximate surface area is 154 Å². The van der Waals surface area contributed by atoms with Crippen LogP contribution >= 0.6 is 0 Å². The minimum Gasteiger partial charge on any atom is -0.345 e. The highest BCUT2D eigenvalue weighted by atomic mass is 19.1. The van der Waals surface area contributed by atoms with Crippen molar-refractivity contribution in [3.63, 3.8) is 0 Å². The van der Waals surface area contributed by atoms with Crippen LogP contribution in [0.5, 0.6) is 0 Å². The van der Waals surface area contributed by atoms with Crippen molar-refractivity contribution in [2.45, 2.75) is 25.3 Å². The molecular weight excluding hydrogens is 327 g/mol. The molecule has 2 aliphatic rings. The second-order valence-electron chi connectivity index (χ2n) is 7.71. The number of hydrogen-bond donors (Lipinski definition) is 0. The van der Waals surface area contributed by atoms with Crippen molar-refractivity contribution < 1.29 is 9.18 Å². The number of rotatable bonds is 3. The predicted octanol–water partition coefficient (Wildman–Crippen LogP) is 3.66. The lowest BCUT2D eigenvalue weighted by atomic mass is 9.68. The first kappa shape index (κ1) is 17.2. The van der Waals surface area contributed by atoms with Crippen LogP contribution in [0.3, 0.4) is 0 Å². The van der Waals surface area contributed by atoms with E-state index >= 15 is 0 Å². The third kappa shape index (κ3) is 3.03. The maximum atomic E-state index is 13.1. The van der Waals surface area contributed by atoms with E-state index in [2.05, 4.69) is 29.2 Å². The molecule has 2 saturated heterocycles. The standard InChI is InChI=1S/C22H25FN2O/c1-24-16-20(18-5-3-2-4-6-18)22(21(24)26)11-13-25(14-12-22)15-17-7-9-19(23)10-8-17/h2-10,20H,11-16H2,1H3/t20-/m0/s1. The second kappa shape index (κ2) is 6.84. The van der Waals surface area contributed by atoms with Crippen molar-refractivity contribution in [1.29, 1.82) is 0 Å². The molecule has 4 heteroatoms. The van der Waals surface area contributed by atoms with Gasteiger partial charge < -0.3 is 4.90 Å². The number of carbonyl (C=O) groups excluding carboxylic acids is 1. The number of amides is 1. The fourth-order valence-corrected chi connectivity index (χ4v) is 4.69. The van der Waals surface area contributed by atoms with Crippen LogP contribution in [-0.2, 0) is 11.3 Å². The molecule has 2 aromatic rings. The molecule has 1 atom stereocenters. The zero-order chi connectivity index (χ0) is 18.1. The molecule has 1 amide bonds. The second-order valence-corrected chi connectivity index (χ2v) is 7.71. The van der Waals surface area contributed by atoms with Crippen molar-refractivity contribution in [2.75, 3.05) is 26.7 Å². The summed E-state index contributed by atoms with van der Waals surface area (Å²) in [6, 6.07) is 17.2. The fraction of sp³-hybridized carbons (Fsp3) is 0.409. The molecule has 26 heavy (non-hydrogen) atoms. The summed E-state index contributed by atoms with van der Waals surface area (Å²) in [4.78, 5) is 17.3. The highest BCUT2D eigenvalue weighted by molar-refractivity contribution is 5.86. The van der Waals surface area contributed by atoms with E-state index in [0.717, 1.165) is 44.6 Å². The summed E-state index contributed by atoms with van der Waals surface area (Å²) in [6.45, 7) is 3.43. The molecule has 0 N–H and O–H groups in total. The fourth-order valence-electron chi connectivity index (χ4n) is 4.69. The van der Waals surface area contributed by atoms with Crippen molar-refractivity contribution in [2.24, 2.45) is 5.41 Å². The number of piperidine rings is 1. The Morgan fingerprint density at radius 3 is 2.35 bits per heavy atom. The lowest BCUT2D eigenvalue weighted by Crippen LogP contribution is -2.45. The molecule has 2 heterocycles. The van der Waals surface area contributed by atoms with E-state index in [-0.39, 0.29) is 17.2 Å². The van der Waals surface area contributed by atoms with Gasteiger partial charge in [-0.3, -0.25) is 9.69 Å². The average Bonchev–Trinajstić information content (AvgIpc) is 2.91. The van der Waals surface area contributed by atoms with E-state index in [1.165, 1.54) is 17.7 Å². The van der Waals surface area contributed by atoms with Gasteiger partial charge in [0.05, 0.1) is 5.41 Å². The molecule has 0 radical (unpaired) electrons. The number of likely N-dealkylation sites (tertiary alicyclic amines) is 2. The Hall–Kier alpha value is -2.20. The summed E-state index contributed by atoms with van der Waals surface area (Å²) >= 11 is 0. The molecule has 0 bridgehead atoms. The Kier molecular flexibility index (Phi) is 4.53. The van der Waals surface area contributed by atoms with Gasteiger partial charge in [-0.1, -0.05) is 42.5 Å². The molecule has 136 valence electrons. The quantitative estimate of drug-likeness (QED) is 0.842. The zero-order valence-electron chi connectivity index (χ0n) is 15.2. The SMILES string of the molecule is CN1C[C@@H](c2ccccc2)C2(CCN(Cc3ccc(F)cc3)CC2)C1=O. The Morgan fingerprint density at radius 1 is 1.04 bits per heavy atom. The summed E-state index contributed by atoms with van der Waals surface area (Å²) in [5.41, 5.74) is 2.13. The average molecular weight is 352 g/mol. The largest absolute Gasteiger partial charge is 0.345 e. The maximum Gasteiger partial charge on any atom is 0.229 e. The Balaban J connectivity index is 1.50. The lowest BCUT2D eigenvalue weighted by Gasteiger charge is -2.41. The molecule has 2 aliphatic heterocycles. The number of hydrogen-bond acceptors (Lipinski definition) is 2. The Morgan fingerprint density at radius 2 is 1.69 bits per heavy atom. The van der Waals surface area contributed by atoms with Gasteiger partial charge in [0.15, 0.2) is 0 Å². The summed E-state index contributed by atoms with van der Waals surface area (Å²) in [5, 5.41) is 0. The highest BCUT2D eigenvalue weighted by Crippen LogP contribution is 2.50. The third-order valence-corrected chi connectivity index (χ3v) is 6.17. The van der Waals surface area contributed by atoms with Crippen molar-refractivity contribution >= 4 is 5.91 Å². The van der Waals surface area contributed by atoms with Crippen LogP contribution in [0.1, 0.15) is 29.9 Å². The maximum absolute atomic E-state index is 13.1. The Bertz CT molecular complexity index is 766. The van der Waals surface area contributed by atoms with Gasteiger partial charge in [-0.15, -0.1) is 0 Å². The van der Waals surface area contributed by atoms with Crippen LogP contribution in [0.15, 0.2) is 54.6 Å². The molecular formula is C22H25FN2O. The van der Waals surface area contributed by atoms with E-state index in [1.807, 2.05) is 30.1 Å². The van der Waals surface area contributed by atoms with Crippen LogP contribution in [0.25, 0.3) is 0 Å². The smallest absolute Gasteiger partial charge is 0.229 e. The van der Waals surface area contributed by atoms with Crippen LogP contribution in [-0.4, -0.2) is 42.4 Å². The van der Waals surface area contributed by atoms with Crippen molar-refractivity contribution in [3.05, 3.63) is 71.5 Å². The number of benzene rings is 2. The van der Waals surface area contributed by atoms with E-state index in [1.54, 1.807) is 0 Å². The predicted molar refractivity (Wildman–Crippen MR) is 100 cm³/mol. The minimum absolute atomic E-state index is 0.198. The first-order valence-electron chi connectivity index (χ1n) is 9.36. The van der Waals surface area contributed by atoms with Gasteiger partial charge in [0.1, 0.15) is 5.82 Å². The van der Waals surface area contributed by atoms with E-state index in [4.69, 9.17) is 0 Å². The summed E-state index contributed by atoms with van der Waals surface area (Å²) < 4.78 is 13.1. The van der Waals surface area contributed by atoms with Gasteiger partial charge in [-0.25, -0.2) is 4.39 Å². The third-order valence-electron chi connectivity index (χ3n) is 6.17. The van der Waals surface area contributed by atoms with Crippen LogP contribution < -0.4 is 0 Å². The highest BCUT2D eigenvalue weighted by Gasteiger charge is 2.54. The first-order chi connectivity index (χ1) is 12.6. The van der Waals surface area contributed by atoms with E-state index in [0.29, 0.717) is 5.91 Å². The number of likely N-dealkylation sites (N-methyl/N-ethyl adjacent to an activating group) is 1. The van der Waals surface area contributed by atoms with E-state index in [9.17, 15) is 9.18 Å². The molecule has 2 aromatic carbocycles.